The third-order valence-corrected chi connectivity index (χ3v) is 5.14. The summed E-state index contributed by atoms with van der Waals surface area (Å²) in [5, 5.41) is 3.29. The van der Waals surface area contributed by atoms with Crippen molar-refractivity contribution < 1.29 is 22.7 Å². The minimum atomic E-state index is -4.48. The van der Waals surface area contributed by atoms with Gasteiger partial charge in [-0.3, -0.25) is 9.78 Å². The lowest BCUT2D eigenvalue weighted by molar-refractivity contribution is -0.153. The van der Waals surface area contributed by atoms with Gasteiger partial charge < -0.3 is 15.0 Å². The highest BCUT2D eigenvalue weighted by molar-refractivity contribution is 6.08. The number of alkyl halides is 3. The number of nitrogens with one attached hydrogen (secondary N) is 2. The molecule has 162 valence electrons. The van der Waals surface area contributed by atoms with Gasteiger partial charge in [-0.15, -0.1) is 0 Å². The minimum absolute atomic E-state index is 0.0127. The Morgan fingerprint density at radius 2 is 1.90 bits per heavy atom. The number of benzene rings is 1. The van der Waals surface area contributed by atoms with E-state index in [1.54, 1.807) is 6.07 Å². The molecule has 31 heavy (non-hydrogen) atoms. The van der Waals surface area contributed by atoms with Crippen molar-refractivity contribution in [2.45, 2.75) is 32.9 Å². The zero-order valence-corrected chi connectivity index (χ0v) is 17.1. The van der Waals surface area contributed by atoms with E-state index in [1.807, 2.05) is 44.2 Å². The van der Waals surface area contributed by atoms with Crippen molar-refractivity contribution in [1.29, 1.82) is 0 Å². The molecule has 5 nitrogen and oxygen atoms in total. The third-order valence-electron chi connectivity index (χ3n) is 5.14. The fourth-order valence-corrected chi connectivity index (χ4v) is 3.91. The Labute approximate surface area is 177 Å². The molecule has 0 saturated heterocycles. The maximum absolute atomic E-state index is 13.0. The van der Waals surface area contributed by atoms with Crippen LogP contribution < -0.4 is 10.1 Å². The predicted octanol–water partition coefficient (Wildman–Crippen LogP) is 5.92. The molecule has 0 amide bonds. The number of aromatic amines is 1. The third kappa shape index (κ3) is 4.57. The number of carbonyl (C=O) groups excluding carboxylic acids is 1. The minimum Gasteiger partial charge on any atom is -0.482 e. The van der Waals surface area contributed by atoms with E-state index >= 15 is 0 Å². The molecule has 0 fully saturated rings. The Morgan fingerprint density at radius 3 is 2.61 bits per heavy atom. The number of anilines is 2. The van der Waals surface area contributed by atoms with E-state index in [0.29, 0.717) is 35.3 Å². The lowest BCUT2D eigenvalue weighted by Crippen LogP contribution is -2.26. The van der Waals surface area contributed by atoms with Crippen LogP contribution in [-0.4, -0.2) is 28.5 Å². The number of para-hydroxylation sites is 1. The van der Waals surface area contributed by atoms with Gasteiger partial charge in [0.25, 0.3) is 0 Å². The number of fused-ring (bicyclic) bond motifs is 1. The van der Waals surface area contributed by atoms with E-state index in [1.165, 1.54) is 12.4 Å². The quantitative estimate of drug-likeness (QED) is 0.529. The average molecular weight is 429 g/mol. The SMILES string of the molecule is CC1(C)CC(=O)c2c([nH]c(-c3ccncc3OCC(F)(F)F)c2Nc2ccccc2)C1. The first kappa shape index (κ1) is 21.0. The van der Waals surface area contributed by atoms with Crippen LogP contribution in [0, 0.1) is 5.41 Å². The molecule has 0 atom stereocenters. The monoisotopic (exact) mass is 429 g/mol. The van der Waals surface area contributed by atoms with Gasteiger partial charge in [0.15, 0.2) is 12.4 Å². The van der Waals surface area contributed by atoms with Crippen LogP contribution in [0.2, 0.25) is 0 Å². The summed E-state index contributed by atoms with van der Waals surface area (Å²) in [6.07, 6.45) is -0.726. The number of pyridine rings is 1. The molecular weight excluding hydrogens is 407 g/mol. The lowest BCUT2D eigenvalue weighted by atomic mass is 9.76. The van der Waals surface area contributed by atoms with Crippen LogP contribution in [0.15, 0.2) is 48.8 Å². The first-order valence-corrected chi connectivity index (χ1v) is 9.87. The highest BCUT2D eigenvalue weighted by atomic mass is 19.4. The fraction of sp³-hybridized carbons (Fsp3) is 0.304. The van der Waals surface area contributed by atoms with E-state index in [9.17, 15) is 18.0 Å². The zero-order chi connectivity index (χ0) is 22.2. The molecule has 0 spiro atoms. The summed E-state index contributed by atoms with van der Waals surface area (Å²) >= 11 is 0. The van der Waals surface area contributed by atoms with E-state index in [2.05, 4.69) is 15.3 Å². The normalized spacial score (nSPS) is 15.5. The number of ketones is 1. The Bertz CT molecular complexity index is 1100. The van der Waals surface area contributed by atoms with E-state index in [-0.39, 0.29) is 16.9 Å². The van der Waals surface area contributed by atoms with Crippen LogP contribution in [0.25, 0.3) is 11.3 Å². The Hall–Kier alpha value is -3.29. The number of aromatic nitrogens is 2. The fourth-order valence-electron chi connectivity index (χ4n) is 3.91. The molecule has 2 heterocycles. The Balaban J connectivity index is 1.84. The molecule has 0 unspecified atom stereocenters. The topological polar surface area (TPSA) is 67.0 Å². The second kappa shape index (κ2) is 7.76. The van der Waals surface area contributed by atoms with Crippen molar-refractivity contribution in [2.24, 2.45) is 5.41 Å². The first-order chi connectivity index (χ1) is 14.6. The summed E-state index contributed by atoms with van der Waals surface area (Å²) in [5.41, 5.74) is 3.27. The standard InChI is InChI=1S/C23H22F3N3O2/c1-22(2)10-16-19(17(30)11-22)21(28-14-6-4-3-5-7-14)20(29-16)15-8-9-27-12-18(15)31-13-23(24,25)26/h3-9,12,28-29H,10-11,13H2,1-2H3. The van der Waals surface area contributed by atoms with Gasteiger partial charge >= 0.3 is 6.18 Å². The number of hydrogen-bond acceptors (Lipinski definition) is 4. The van der Waals surface area contributed by atoms with Gasteiger partial charge in [-0.2, -0.15) is 13.2 Å². The van der Waals surface area contributed by atoms with Crippen molar-refractivity contribution in [3.05, 3.63) is 60.0 Å². The molecule has 0 saturated carbocycles. The molecular formula is C23H22F3N3O2. The van der Waals surface area contributed by atoms with Gasteiger partial charge in [0.1, 0.15) is 5.75 Å². The maximum Gasteiger partial charge on any atom is 0.422 e. The van der Waals surface area contributed by atoms with Gasteiger partial charge in [0, 0.05) is 29.6 Å². The van der Waals surface area contributed by atoms with Crippen LogP contribution in [0.4, 0.5) is 24.5 Å². The summed E-state index contributed by atoms with van der Waals surface area (Å²) in [5.74, 6) is -0.0276. The number of rotatable bonds is 5. The van der Waals surface area contributed by atoms with Crippen molar-refractivity contribution in [2.75, 3.05) is 11.9 Å². The van der Waals surface area contributed by atoms with Crippen molar-refractivity contribution in [3.63, 3.8) is 0 Å². The number of carbonyl (C=O) groups is 1. The molecule has 1 aliphatic rings. The van der Waals surface area contributed by atoms with E-state index in [4.69, 9.17) is 4.74 Å². The van der Waals surface area contributed by atoms with Gasteiger partial charge in [-0.1, -0.05) is 32.0 Å². The Kier molecular flexibility index (Phi) is 5.24. The van der Waals surface area contributed by atoms with Crippen molar-refractivity contribution in [3.8, 4) is 17.0 Å². The molecule has 1 aromatic carbocycles. The van der Waals surface area contributed by atoms with Crippen molar-refractivity contribution in [1.82, 2.24) is 9.97 Å². The summed E-state index contributed by atoms with van der Waals surface area (Å²) in [4.78, 5) is 20.2. The van der Waals surface area contributed by atoms with Crippen LogP contribution in [-0.2, 0) is 6.42 Å². The molecule has 8 heteroatoms. The molecule has 0 bridgehead atoms. The van der Waals surface area contributed by atoms with Gasteiger partial charge in [0.05, 0.1) is 23.1 Å². The average Bonchev–Trinajstić information content (AvgIpc) is 3.03. The van der Waals surface area contributed by atoms with Gasteiger partial charge in [0.2, 0.25) is 0 Å². The Morgan fingerprint density at radius 1 is 1.16 bits per heavy atom. The summed E-state index contributed by atoms with van der Waals surface area (Å²) in [6, 6.07) is 10.9. The first-order valence-electron chi connectivity index (χ1n) is 9.87. The predicted molar refractivity (Wildman–Crippen MR) is 112 cm³/mol. The molecule has 4 rings (SSSR count). The number of nitrogens with zero attached hydrogens (tertiary/aromatic N) is 1. The largest absolute Gasteiger partial charge is 0.482 e. The summed E-state index contributed by atoms with van der Waals surface area (Å²) < 4.78 is 43.3. The summed E-state index contributed by atoms with van der Waals surface area (Å²) in [7, 11) is 0. The van der Waals surface area contributed by atoms with Crippen molar-refractivity contribution >= 4 is 17.2 Å². The number of ether oxygens (including phenoxy) is 1. The van der Waals surface area contributed by atoms with Gasteiger partial charge in [-0.25, -0.2) is 0 Å². The molecule has 3 aromatic rings. The molecule has 0 radical (unpaired) electrons. The molecule has 1 aliphatic carbocycles. The summed E-state index contributed by atoms with van der Waals surface area (Å²) in [6.45, 7) is 2.60. The zero-order valence-electron chi connectivity index (χ0n) is 17.1. The maximum atomic E-state index is 13.0. The second-order valence-corrected chi connectivity index (χ2v) is 8.44. The van der Waals surface area contributed by atoms with Crippen LogP contribution in [0.1, 0.15) is 36.3 Å². The van der Waals surface area contributed by atoms with Crippen LogP contribution in [0.5, 0.6) is 5.75 Å². The number of Topliss-reactive ketones (excluding diaryl/α,β-unsaturated/α-hetero) is 1. The highest BCUT2D eigenvalue weighted by Gasteiger charge is 2.36. The smallest absolute Gasteiger partial charge is 0.422 e. The highest BCUT2D eigenvalue weighted by Crippen LogP contribution is 2.45. The van der Waals surface area contributed by atoms with Crippen LogP contribution >= 0.6 is 0 Å². The molecule has 2 aromatic heterocycles. The van der Waals surface area contributed by atoms with Gasteiger partial charge in [-0.05, 0) is 30.0 Å². The number of hydrogen-bond donors (Lipinski definition) is 2. The molecule has 2 N–H and O–H groups in total. The second-order valence-electron chi connectivity index (χ2n) is 8.44. The van der Waals surface area contributed by atoms with E-state index < -0.39 is 12.8 Å². The number of halogens is 3. The lowest BCUT2D eigenvalue weighted by Gasteiger charge is -2.28. The van der Waals surface area contributed by atoms with E-state index in [0.717, 1.165) is 11.4 Å². The van der Waals surface area contributed by atoms with Crippen LogP contribution in [0.3, 0.4) is 0 Å². The number of H-pyrrole nitrogens is 1. The molecule has 0 aliphatic heterocycles.